The van der Waals surface area contributed by atoms with E-state index in [4.69, 9.17) is 0 Å². The normalized spacial score (nSPS) is 10.7. The average molecular weight is 372 g/mol. The molecule has 1 amide bonds. The number of benzene rings is 3. The number of hydrogen-bond acceptors (Lipinski definition) is 4. The van der Waals surface area contributed by atoms with Crippen molar-refractivity contribution in [1.29, 1.82) is 0 Å². The maximum absolute atomic E-state index is 12.6. The number of fused-ring (bicyclic) bond motifs is 1. The van der Waals surface area contributed by atoms with Gasteiger partial charge >= 0.3 is 0 Å². The van der Waals surface area contributed by atoms with Gasteiger partial charge in [0.2, 0.25) is 0 Å². The zero-order chi connectivity index (χ0) is 19.5. The Bertz CT molecular complexity index is 1180. The number of nitro groups is 1. The quantitative estimate of drug-likeness (QED) is 0.419. The van der Waals surface area contributed by atoms with Gasteiger partial charge < -0.3 is 5.32 Å². The van der Waals surface area contributed by atoms with Crippen LogP contribution in [-0.2, 0) is 6.54 Å². The number of para-hydroxylation sites is 1. The monoisotopic (exact) mass is 372 g/mol. The molecule has 0 radical (unpaired) electrons. The maximum Gasteiger partial charge on any atom is 0.282 e. The summed E-state index contributed by atoms with van der Waals surface area (Å²) in [5, 5.41) is 20.4. The SMILES string of the molecule is O=C(Nc1ccnn1Cc1cccc2ccccc12)c1ccccc1[N+](=O)[O-]. The van der Waals surface area contributed by atoms with E-state index in [2.05, 4.69) is 10.4 Å². The molecule has 1 N–H and O–H groups in total. The number of anilines is 1. The van der Waals surface area contributed by atoms with Crippen LogP contribution in [0, 0.1) is 10.1 Å². The van der Waals surface area contributed by atoms with Gasteiger partial charge in [-0.15, -0.1) is 0 Å². The number of aromatic nitrogens is 2. The van der Waals surface area contributed by atoms with Crippen molar-refractivity contribution in [1.82, 2.24) is 9.78 Å². The summed E-state index contributed by atoms with van der Waals surface area (Å²) in [7, 11) is 0. The number of hydrogen-bond donors (Lipinski definition) is 1. The lowest BCUT2D eigenvalue weighted by Gasteiger charge is -2.11. The van der Waals surface area contributed by atoms with Crippen LogP contribution in [0.2, 0.25) is 0 Å². The Morgan fingerprint density at radius 1 is 1.00 bits per heavy atom. The zero-order valence-electron chi connectivity index (χ0n) is 14.8. The van der Waals surface area contributed by atoms with Gasteiger partial charge in [-0.3, -0.25) is 14.9 Å². The van der Waals surface area contributed by atoms with E-state index < -0.39 is 10.8 Å². The van der Waals surface area contributed by atoms with Crippen LogP contribution in [0.15, 0.2) is 79.0 Å². The number of carbonyl (C=O) groups is 1. The largest absolute Gasteiger partial charge is 0.307 e. The minimum absolute atomic E-state index is 0.00501. The Balaban J connectivity index is 1.62. The van der Waals surface area contributed by atoms with Gasteiger partial charge in [0.1, 0.15) is 11.4 Å². The lowest BCUT2D eigenvalue weighted by atomic mass is 10.0. The second-order valence-electron chi connectivity index (χ2n) is 6.24. The van der Waals surface area contributed by atoms with Crippen molar-refractivity contribution in [2.75, 3.05) is 5.32 Å². The summed E-state index contributed by atoms with van der Waals surface area (Å²) in [4.78, 5) is 23.2. The molecule has 0 aliphatic carbocycles. The Morgan fingerprint density at radius 3 is 2.61 bits per heavy atom. The van der Waals surface area contributed by atoms with E-state index in [-0.39, 0.29) is 11.3 Å². The van der Waals surface area contributed by atoms with Crippen molar-refractivity contribution in [2.24, 2.45) is 0 Å². The van der Waals surface area contributed by atoms with E-state index in [0.717, 1.165) is 16.3 Å². The standard InChI is InChI=1S/C21H16N4O3/c26-21(18-10-3-4-11-19(18)25(27)28)23-20-12-13-22-24(20)14-16-8-5-7-15-6-1-2-9-17(15)16/h1-13H,14H2,(H,23,26). The lowest BCUT2D eigenvalue weighted by molar-refractivity contribution is -0.385. The fraction of sp³-hybridized carbons (Fsp3) is 0.0476. The molecular weight excluding hydrogens is 356 g/mol. The van der Waals surface area contributed by atoms with Crippen LogP contribution >= 0.6 is 0 Å². The minimum Gasteiger partial charge on any atom is -0.307 e. The highest BCUT2D eigenvalue weighted by Crippen LogP contribution is 2.22. The average Bonchev–Trinajstić information content (AvgIpc) is 3.14. The van der Waals surface area contributed by atoms with Crippen LogP contribution in [0.3, 0.4) is 0 Å². The van der Waals surface area contributed by atoms with Crippen molar-refractivity contribution >= 4 is 28.2 Å². The van der Waals surface area contributed by atoms with Gasteiger partial charge in [0.05, 0.1) is 17.7 Å². The number of rotatable bonds is 5. The first-order valence-corrected chi connectivity index (χ1v) is 8.67. The highest BCUT2D eigenvalue weighted by molar-refractivity contribution is 6.06. The molecule has 0 atom stereocenters. The highest BCUT2D eigenvalue weighted by atomic mass is 16.6. The molecule has 0 aliphatic rings. The third kappa shape index (κ3) is 3.33. The van der Waals surface area contributed by atoms with E-state index in [1.807, 2.05) is 42.5 Å². The van der Waals surface area contributed by atoms with Gasteiger partial charge in [-0.2, -0.15) is 5.10 Å². The molecule has 7 nitrogen and oxygen atoms in total. The molecule has 0 bridgehead atoms. The number of nitrogens with one attached hydrogen (secondary N) is 1. The van der Waals surface area contributed by atoms with Gasteiger partial charge in [-0.1, -0.05) is 54.6 Å². The third-order valence-electron chi connectivity index (χ3n) is 4.50. The van der Waals surface area contributed by atoms with Crippen LogP contribution in [0.5, 0.6) is 0 Å². The molecule has 0 saturated heterocycles. The molecule has 138 valence electrons. The van der Waals surface area contributed by atoms with Gasteiger partial charge in [0.25, 0.3) is 11.6 Å². The Labute approximate surface area is 160 Å². The molecule has 3 aromatic carbocycles. The second kappa shape index (κ2) is 7.32. The second-order valence-corrected chi connectivity index (χ2v) is 6.24. The van der Waals surface area contributed by atoms with E-state index in [1.54, 1.807) is 23.0 Å². The predicted octanol–water partition coefficient (Wildman–Crippen LogP) is 4.25. The van der Waals surface area contributed by atoms with Crippen molar-refractivity contribution in [3.63, 3.8) is 0 Å². The van der Waals surface area contributed by atoms with Crippen molar-refractivity contribution in [3.05, 3.63) is 100 Å². The molecule has 0 spiro atoms. The van der Waals surface area contributed by atoms with Crippen LogP contribution in [0.25, 0.3) is 10.8 Å². The summed E-state index contributed by atoms with van der Waals surface area (Å²) in [5.74, 6) is -0.0805. The Morgan fingerprint density at radius 2 is 1.75 bits per heavy atom. The summed E-state index contributed by atoms with van der Waals surface area (Å²) in [6, 6.07) is 21.6. The number of nitro benzene ring substituents is 1. The molecule has 7 heteroatoms. The van der Waals surface area contributed by atoms with Crippen molar-refractivity contribution in [3.8, 4) is 0 Å². The molecule has 1 heterocycles. The fourth-order valence-electron chi connectivity index (χ4n) is 3.17. The molecule has 0 saturated carbocycles. The van der Waals surface area contributed by atoms with E-state index in [1.165, 1.54) is 18.2 Å². The van der Waals surface area contributed by atoms with E-state index in [9.17, 15) is 14.9 Å². The summed E-state index contributed by atoms with van der Waals surface area (Å²) >= 11 is 0. The summed E-state index contributed by atoms with van der Waals surface area (Å²) < 4.78 is 1.66. The summed E-state index contributed by atoms with van der Waals surface area (Å²) in [5.41, 5.74) is 0.827. The smallest absolute Gasteiger partial charge is 0.282 e. The predicted molar refractivity (Wildman–Crippen MR) is 106 cm³/mol. The highest BCUT2D eigenvalue weighted by Gasteiger charge is 2.20. The molecule has 28 heavy (non-hydrogen) atoms. The van der Waals surface area contributed by atoms with Crippen LogP contribution in [0.1, 0.15) is 15.9 Å². The van der Waals surface area contributed by atoms with Crippen molar-refractivity contribution < 1.29 is 9.72 Å². The zero-order valence-corrected chi connectivity index (χ0v) is 14.8. The first-order chi connectivity index (χ1) is 13.6. The summed E-state index contributed by atoms with van der Waals surface area (Å²) in [6.07, 6.45) is 1.58. The first-order valence-electron chi connectivity index (χ1n) is 8.67. The maximum atomic E-state index is 12.6. The molecule has 0 aliphatic heterocycles. The van der Waals surface area contributed by atoms with Gasteiger partial charge in [0, 0.05) is 12.1 Å². The number of carbonyl (C=O) groups excluding carboxylic acids is 1. The molecule has 0 unspecified atom stereocenters. The Hall–Kier alpha value is -4.00. The van der Waals surface area contributed by atoms with Crippen LogP contribution in [-0.4, -0.2) is 20.6 Å². The van der Waals surface area contributed by atoms with E-state index >= 15 is 0 Å². The molecule has 4 aromatic rings. The van der Waals surface area contributed by atoms with Crippen LogP contribution < -0.4 is 5.32 Å². The first kappa shape index (κ1) is 17.4. The third-order valence-corrected chi connectivity index (χ3v) is 4.50. The topological polar surface area (TPSA) is 90.1 Å². The molecule has 4 rings (SSSR count). The number of amides is 1. The van der Waals surface area contributed by atoms with Crippen LogP contribution in [0.4, 0.5) is 11.5 Å². The van der Waals surface area contributed by atoms with Gasteiger partial charge in [-0.25, -0.2) is 4.68 Å². The minimum atomic E-state index is -0.567. The Kier molecular flexibility index (Phi) is 4.55. The van der Waals surface area contributed by atoms with Crippen molar-refractivity contribution in [2.45, 2.75) is 6.54 Å². The molecular formula is C21H16N4O3. The summed E-state index contributed by atoms with van der Waals surface area (Å²) in [6.45, 7) is 0.459. The van der Waals surface area contributed by atoms with Gasteiger partial charge in [-0.05, 0) is 22.4 Å². The number of nitrogens with zero attached hydrogens (tertiary/aromatic N) is 3. The van der Waals surface area contributed by atoms with Gasteiger partial charge in [0.15, 0.2) is 0 Å². The lowest BCUT2D eigenvalue weighted by Crippen LogP contribution is -2.17. The molecule has 1 aromatic heterocycles. The molecule has 0 fully saturated rings. The van der Waals surface area contributed by atoms with E-state index in [0.29, 0.717) is 12.4 Å². The fourth-order valence-corrected chi connectivity index (χ4v) is 3.17.